The molecule has 0 aromatic heterocycles. The highest BCUT2D eigenvalue weighted by Gasteiger charge is 2.26. The Bertz CT molecular complexity index is 504. The van der Waals surface area contributed by atoms with Gasteiger partial charge in [0.1, 0.15) is 0 Å². The van der Waals surface area contributed by atoms with Crippen LogP contribution in [0.1, 0.15) is 19.8 Å². The van der Waals surface area contributed by atoms with Crippen LogP contribution in [0, 0.1) is 17.0 Å². The molecule has 0 aliphatic carbocycles. The molecule has 6 heteroatoms. The van der Waals surface area contributed by atoms with Gasteiger partial charge in [0.15, 0.2) is 11.6 Å². The Labute approximate surface area is 127 Å². The molecule has 3 nitrogen and oxygen atoms in total. The molecule has 0 saturated carbocycles. The first-order valence-electron chi connectivity index (χ1n) is 7.04. The second kappa shape index (κ2) is 7.22. The van der Waals surface area contributed by atoms with Gasteiger partial charge in [0.25, 0.3) is 0 Å². The first-order chi connectivity index (χ1) is 9.98. The van der Waals surface area contributed by atoms with Crippen LogP contribution in [0.15, 0.2) is 23.1 Å². The monoisotopic (exact) mass is 314 g/mol. The van der Waals surface area contributed by atoms with Gasteiger partial charge in [-0.3, -0.25) is 4.79 Å². The van der Waals surface area contributed by atoms with E-state index in [2.05, 4.69) is 17.6 Å². The second-order valence-corrected chi connectivity index (χ2v) is 6.75. The zero-order valence-electron chi connectivity index (χ0n) is 12.0. The SMILES string of the molecule is CC1(CNC(=O)CSc2ccc(F)c(F)c2)CCNCC1. The van der Waals surface area contributed by atoms with Crippen molar-refractivity contribution in [3.05, 3.63) is 29.8 Å². The third-order valence-electron chi connectivity index (χ3n) is 3.78. The minimum atomic E-state index is -0.886. The molecule has 0 radical (unpaired) electrons. The summed E-state index contributed by atoms with van der Waals surface area (Å²) in [5.41, 5.74) is 0.146. The van der Waals surface area contributed by atoms with Crippen molar-refractivity contribution in [1.29, 1.82) is 0 Å². The number of halogens is 2. The number of carbonyl (C=O) groups excluding carboxylic acids is 1. The molecule has 1 heterocycles. The van der Waals surface area contributed by atoms with E-state index in [1.807, 2.05) is 0 Å². The fourth-order valence-corrected chi connectivity index (χ4v) is 3.04. The maximum absolute atomic E-state index is 13.1. The van der Waals surface area contributed by atoms with Crippen LogP contribution in [0.5, 0.6) is 0 Å². The summed E-state index contributed by atoms with van der Waals surface area (Å²) < 4.78 is 25.8. The minimum Gasteiger partial charge on any atom is -0.355 e. The summed E-state index contributed by atoms with van der Waals surface area (Å²) in [7, 11) is 0. The van der Waals surface area contributed by atoms with E-state index in [0.717, 1.165) is 38.1 Å². The zero-order chi connectivity index (χ0) is 15.3. The van der Waals surface area contributed by atoms with Crippen molar-refractivity contribution in [2.45, 2.75) is 24.7 Å². The zero-order valence-corrected chi connectivity index (χ0v) is 12.9. The Kier molecular flexibility index (Phi) is 5.58. The number of rotatable bonds is 5. The summed E-state index contributed by atoms with van der Waals surface area (Å²) >= 11 is 1.21. The van der Waals surface area contributed by atoms with Crippen LogP contribution in [0.3, 0.4) is 0 Å². The third kappa shape index (κ3) is 4.97. The number of piperidine rings is 1. The van der Waals surface area contributed by atoms with Gasteiger partial charge < -0.3 is 10.6 Å². The van der Waals surface area contributed by atoms with E-state index in [-0.39, 0.29) is 17.1 Å². The highest BCUT2D eigenvalue weighted by Crippen LogP contribution is 2.27. The van der Waals surface area contributed by atoms with Gasteiger partial charge in [-0.15, -0.1) is 11.8 Å². The molecule has 1 amide bonds. The van der Waals surface area contributed by atoms with Crippen molar-refractivity contribution in [3.8, 4) is 0 Å². The molecule has 2 rings (SSSR count). The van der Waals surface area contributed by atoms with Gasteiger partial charge in [0.2, 0.25) is 5.91 Å². The molecule has 1 aliphatic heterocycles. The molecule has 0 unspecified atom stereocenters. The topological polar surface area (TPSA) is 41.1 Å². The van der Waals surface area contributed by atoms with Gasteiger partial charge >= 0.3 is 0 Å². The molecule has 0 bridgehead atoms. The lowest BCUT2D eigenvalue weighted by Gasteiger charge is -2.34. The third-order valence-corrected chi connectivity index (χ3v) is 4.78. The van der Waals surface area contributed by atoms with Crippen LogP contribution < -0.4 is 10.6 Å². The molecule has 1 aromatic rings. The Morgan fingerprint density at radius 1 is 1.33 bits per heavy atom. The van der Waals surface area contributed by atoms with Crippen LogP contribution in [-0.2, 0) is 4.79 Å². The van der Waals surface area contributed by atoms with Crippen LogP contribution >= 0.6 is 11.8 Å². The number of thioether (sulfide) groups is 1. The van der Waals surface area contributed by atoms with Gasteiger partial charge in [0.05, 0.1) is 5.75 Å². The van der Waals surface area contributed by atoms with Gasteiger partial charge in [-0.2, -0.15) is 0 Å². The molecule has 2 N–H and O–H groups in total. The quantitative estimate of drug-likeness (QED) is 0.821. The minimum absolute atomic E-state index is 0.0792. The number of benzene rings is 1. The molecule has 1 saturated heterocycles. The van der Waals surface area contributed by atoms with Crippen molar-refractivity contribution < 1.29 is 13.6 Å². The Hall–Kier alpha value is -1.14. The van der Waals surface area contributed by atoms with E-state index in [1.54, 1.807) is 0 Å². The second-order valence-electron chi connectivity index (χ2n) is 5.70. The summed E-state index contributed by atoms with van der Waals surface area (Å²) in [6, 6.07) is 3.66. The van der Waals surface area contributed by atoms with Crippen LogP contribution in [-0.4, -0.2) is 31.3 Å². The molecule has 0 atom stereocenters. The van der Waals surface area contributed by atoms with Gasteiger partial charge in [0, 0.05) is 11.4 Å². The van der Waals surface area contributed by atoms with Crippen LogP contribution in [0.2, 0.25) is 0 Å². The summed E-state index contributed by atoms with van der Waals surface area (Å²) in [6.07, 6.45) is 2.09. The number of hydrogen-bond donors (Lipinski definition) is 2. The molecule has 0 spiro atoms. The molecule has 21 heavy (non-hydrogen) atoms. The average Bonchev–Trinajstić information content (AvgIpc) is 2.47. The average molecular weight is 314 g/mol. The maximum Gasteiger partial charge on any atom is 0.230 e. The summed E-state index contributed by atoms with van der Waals surface area (Å²) in [5, 5.41) is 6.23. The number of hydrogen-bond acceptors (Lipinski definition) is 3. The van der Waals surface area contributed by atoms with E-state index in [1.165, 1.54) is 17.8 Å². The Morgan fingerprint density at radius 3 is 2.71 bits per heavy atom. The summed E-state index contributed by atoms with van der Waals surface area (Å²) in [6.45, 7) is 4.80. The van der Waals surface area contributed by atoms with E-state index in [0.29, 0.717) is 11.4 Å². The molecule has 1 aliphatic rings. The lowest BCUT2D eigenvalue weighted by Crippen LogP contribution is -2.43. The van der Waals surface area contributed by atoms with E-state index < -0.39 is 11.6 Å². The first kappa shape index (κ1) is 16.2. The van der Waals surface area contributed by atoms with E-state index in [9.17, 15) is 13.6 Å². The smallest absolute Gasteiger partial charge is 0.230 e. The van der Waals surface area contributed by atoms with Crippen molar-refractivity contribution >= 4 is 17.7 Å². The normalized spacial score (nSPS) is 17.5. The van der Waals surface area contributed by atoms with Crippen LogP contribution in [0.25, 0.3) is 0 Å². The van der Waals surface area contributed by atoms with E-state index >= 15 is 0 Å². The molecule has 116 valence electrons. The number of nitrogens with one attached hydrogen (secondary N) is 2. The predicted octanol–water partition coefficient (Wildman–Crippen LogP) is 2.56. The predicted molar refractivity (Wildman–Crippen MR) is 80.3 cm³/mol. The highest BCUT2D eigenvalue weighted by molar-refractivity contribution is 8.00. The maximum atomic E-state index is 13.1. The summed E-state index contributed by atoms with van der Waals surface area (Å²) in [5.74, 6) is -1.63. The van der Waals surface area contributed by atoms with Gasteiger partial charge in [-0.1, -0.05) is 6.92 Å². The van der Waals surface area contributed by atoms with Crippen molar-refractivity contribution in [2.75, 3.05) is 25.4 Å². The summed E-state index contributed by atoms with van der Waals surface area (Å²) in [4.78, 5) is 12.4. The van der Waals surface area contributed by atoms with Crippen molar-refractivity contribution in [3.63, 3.8) is 0 Å². The highest BCUT2D eigenvalue weighted by atomic mass is 32.2. The van der Waals surface area contributed by atoms with Gasteiger partial charge in [-0.25, -0.2) is 8.78 Å². The molecular formula is C15H20F2N2OS. The standard InChI is InChI=1S/C15H20F2N2OS/c1-15(4-6-18-7-5-15)10-19-14(20)9-21-11-2-3-12(16)13(17)8-11/h2-3,8,18H,4-7,9-10H2,1H3,(H,19,20). The largest absolute Gasteiger partial charge is 0.355 e. The lowest BCUT2D eigenvalue weighted by molar-refractivity contribution is -0.119. The Morgan fingerprint density at radius 2 is 2.05 bits per heavy atom. The molecular weight excluding hydrogens is 294 g/mol. The number of carbonyl (C=O) groups is 1. The Balaban J connectivity index is 1.75. The van der Waals surface area contributed by atoms with Crippen molar-refractivity contribution in [1.82, 2.24) is 10.6 Å². The molecule has 1 aromatic carbocycles. The first-order valence-corrected chi connectivity index (χ1v) is 8.02. The number of amides is 1. The van der Waals surface area contributed by atoms with E-state index in [4.69, 9.17) is 0 Å². The molecule has 1 fully saturated rings. The fourth-order valence-electron chi connectivity index (χ4n) is 2.29. The lowest BCUT2D eigenvalue weighted by atomic mass is 9.81. The van der Waals surface area contributed by atoms with Crippen molar-refractivity contribution in [2.24, 2.45) is 5.41 Å². The fraction of sp³-hybridized carbons (Fsp3) is 0.533. The van der Waals surface area contributed by atoms with Gasteiger partial charge in [-0.05, 0) is 49.5 Å². The van der Waals surface area contributed by atoms with Crippen LogP contribution in [0.4, 0.5) is 8.78 Å².